The molecule has 0 aliphatic carbocycles. The van der Waals surface area contributed by atoms with Crippen LogP contribution in [-0.2, 0) is 20.9 Å². The predicted octanol–water partition coefficient (Wildman–Crippen LogP) is 2.88. The summed E-state index contributed by atoms with van der Waals surface area (Å²) in [5, 5.41) is 10.6. The zero-order valence-electron chi connectivity index (χ0n) is 15.2. The number of carbonyl (C=O) groups is 2. The Kier molecular flexibility index (Phi) is 6.06. The molecule has 6 heteroatoms. The molecule has 1 amide bonds. The van der Waals surface area contributed by atoms with Crippen molar-refractivity contribution < 1.29 is 24.2 Å². The Morgan fingerprint density at radius 2 is 1.76 bits per heavy atom. The van der Waals surface area contributed by atoms with Crippen LogP contribution in [0.25, 0.3) is 0 Å². The fraction of sp³-hybridized carbons (Fsp3) is 0.579. The highest BCUT2D eigenvalue weighted by Gasteiger charge is 2.37. The van der Waals surface area contributed by atoms with Crippen LogP contribution in [-0.4, -0.2) is 46.4 Å². The fourth-order valence-electron chi connectivity index (χ4n) is 2.67. The maximum Gasteiger partial charge on any atom is 0.410 e. The highest BCUT2D eigenvalue weighted by atomic mass is 16.6. The van der Waals surface area contributed by atoms with E-state index in [1.807, 2.05) is 51.1 Å². The molecular weight excluding hydrogens is 322 g/mol. The minimum atomic E-state index is -1.13. The topological polar surface area (TPSA) is 76.1 Å². The first-order valence-corrected chi connectivity index (χ1v) is 8.57. The van der Waals surface area contributed by atoms with E-state index in [0.29, 0.717) is 25.9 Å². The molecule has 0 unspecified atom stereocenters. The molecule has 2 rings (SSSR count). The van der Waals surface area contributed by atoms with Crippen LogP contribution in [0.5, 0.6) is 0 Å². The van der Waals surface area contributed by atoms with Gasteiger partial charge in [-0.2, -0.15) is 0 Å². The molecule has 25 heavy (non-hydrogen) atoms. The number of aliphatic hydroxyl groups is 1. The summed E-state index contributed by atoms with van der Waals surface area (Å²) in [6.45, 7) is 6.35. The number of hydrogen-bond acceptors (Lipinski definition) is 5. The first kappa shape index (κ1) is 19.2. The van der Waals surface area contributed by atoms with Crippen LogP contribution in [0.3, 0.4) is 0 Å². The number of ether oxygens (including phenoxy) is 2. The summed E-state index contributed by atoms with van der Waals surface area (Å²) in [6, 6.07) is 9.40. The van der Waals surface area contributed by atoms with Gasteiger partial charge >= 0.3 is 12.1 Å². The number of benzene rings is 1. The van der Waals surface area contributed by atoms with Crippen molar-refractivity contribution in [2.45, 2.75) is 57.8 Å². The fourth-order valence-corrected chi connectivity index (χ4v) is 2.67. The molecule has 1 fully saturated rings. The van der Waals surface area contributed by atoms with E-state index in [2.05, 4.69) is 0 Å². The molecule has 0 bridgehead atoms. The molecule has 0 spiro atoms. The molecule has 1 aromatic rings. The first-order chi connectivity index (χ1) is 11.7. The SMILES string of the molecule is CC(C)(C)OC(=O)N1CCC(O)(CC(=O)OCc2ccccc2)CC1. The lowest BCUT2D eigenvalue weighted by atomic mass is 9.88. The maximum atomic E-state index is 12.0. The third-order valence-electron chi connectivity index (χ3n) is 4.06. The number of piperidine rings is 1. The second-order valence-electron chi connectivity index (χ2n) is 7.51. The van der Waals surface area contributed by atoms with Gasteiger partial charge in [0.2, 0.25) is 0 Å². The zero-order chi connectivity index (χ0) is 18.5. The second kappa shape index (κ2) is 7.87. The van der Waals surface area contributed by atoms with Gasteiger partial charge in [0.15, 0.2) is 0 Å². The Balaban J connectivity index is 1.77. The van der Waals surface area contributed by atoms with Crippen molar-refractivity contribution in [3.63, 3.8) is 0 Å². The van der Waals surface area contributed by atoms with E-state index in [0.717, 1.165) is 5.56 Å². The van der Waals surface area contributed by atoms with Crippen LogP contribution in [0.2, 0.25) is 0 Å². The average molecular weight is 349 g/mol. The Morgan fingerprint density at radius 3 is 2.32 bits per heavy atom. The summed E-state index contributed by atoms with van der Waals surface area (Å²) >= 11 is 0. The molecule has 0 aromatic heterocycles. The minimum absolute atomic E-state index is 0.0675. The summed E-state index contributed by atoms with van der Waals surface area (Å²) in [6.07, 6.45) is 0.197. The highest BCUT2D eigenvalue weighted by molar-refractivity contribution is 5.71. The number of hydrogen-bond donors (Lipinski definition) is 1. The van der Waals surface area contributed by atoms with Gasteiger partial charge in [0.25, 0.3) is 0 Å². The third-order valence-corrected chi connectivity index (χ3v) is 4.06. The molecule has 6 nitrogen and oxygen atoms in total. The average Bonchev–Trinajstić information content (AvgIpc) is 2.52. The highest BCUT2D eigenvalue weighted by Crippen LogP contribution is 2.27. The number of nitrogens with zero attached hydrogens (tertiary/aromatic N) is 1. The van der Waals surface area contributed by atoms with E-state index in [1.54, 1.807) is 4.90 Å². The molecule has 1 aromatic carbocycles. The van der Waals surface area contributed by atoms with Gasteiger partial charge in [-0.05, 0) is 39.2 Å². The van der Waals surface area contributed by atoms with Gasteiger partial charge in [-0.1, -0.05) is 30.3 Å². The van der Waals surface area contributed by atoms with Crippen molar-refractivity contribution >= 4 is 12.1 Å². The summed E-state index contributed by atoms with van der Waals surface area (Å²) in [4.78, 5) is 25.6. The maximum absolute atomic E-state index is 12.0. The molecule has 1 N–H and O–H groups in total. The predicted molar refractivity (Wildman–Crippen MR) is 92.8 cm³/mol. The van der Waals surface area contributed by atoms with Gasteiger partial charge in [0.05, 0.1) is 12.0 Å². The van der Waals surface area contributed by atoms with Crippen LogP contribution in [0.4, 0.5) is 4.79 Å². The molecule has 1 aliphatic rings. The molecular formula is C19H27NO5. The first-order valence-electron chi connectivity index (χ1n) is 8.57. The summed E-state index contributed by atoms with van der Waals surface area (Å²) < 4.78 is 10.6. The lowest BCUT2D eigenvalue weighted by molar-refractivity contribution is -0.152. The number of carbonyl (C=O) groups excluding carboxylic acids is 2. The van der Waals surface area contributed by atoms with Gasteiger partial charge in [0.1, 0.15) is 12.2 Å². The van der Waals surface area contributed by atoms with E-state index in [4.69, 9.17) is 9.47 Å². The van der Waals surface area contributed by atoms with Gasteiger partial charge in [-0.25, -0.2) is 4.79 Å². The van der Waals surface area contributed by atoms with Crippen molar-refractivity contribution in [2.75, 3.05) is 13.1 Å². The lowest BCUT2D eigenvalue weighted by Gasteiger charge is -2.38. The largest absolute Gasteiger partial charge is 0.461 e. The minimum Gasteiger partial charge on any atom is -0.461 e. The molecule has 1 aliphatic heterocycles. The van der Waals surface area contributed by atoms with Crippen molar-refractivity contribution in [3.05, 3.63) is 35.9 Å². The van der Waals surface area contributed by atoms with Gasteiger partial charge in [-0.15, -0.1) is 0 Å². The summed E-state index contributed by atoms with van der Waals surface area (Å²) in [5.41, 5.74) is -0.777. The van der Waals surface area contributed by atoms with E-state index >= 15 is 0 Å². The van der Waals surface area contributed by atoms with Crippen molar-refractivity contribution in [2.24, 2.45) is 0 Å². The molecule has 0 atom stereocenters. The van der Waals surface area contributed by atoms with Crippen molar-refractivity contribution in [1.29, 1.82) is 0 Å². The second-order valence-corrected chi connectivity index (χ2v) is 7.51. The van der Waals surface area contributed by atoms with Gasteiger partial charge in [0, 0.05) is 13.1 Å². The van der Waals surface area contributed by atoms with Crippen LogP contribution < -0.4 is 0 Å². The third kappa shape index (κ3) is 6.38. The molecule has 1 heterocycles. The van der Waals surface area contributed by atoms with E-state index in [1.165, 1.54) is 0 Å². The normalized spacial score (nSPS) is 17.0. The van der Waals surface area contributed by atoms with E-state index in [-0.39, 0.29) is 19.1 Å². The monoisotopic (exact) mass is 349 g/mol. The molecule has 0 radical (unpaired) electrons. The molecule has 1 saturated heterocycles. The van der Waals surface area contributed by atoms with Crippen LogP contribution >= 0.6 is 0 Å². The zero-order valence-corrected chi connectivity index (χ0v) is 15.2. The summed E-state index contributed by atoms with van der Waals surface area (Å²) in [7, 11) is 0. The van der Waals surface area contributed by atoms with Crippen LogP contribution in [0, 0.1) is 0 Å². The van der Waals surface area contributed by atoms with E-state index in [9.17, 15) is 14.7 Å². The van der Waals surface area contributed by atoms with Gasteiger partial charge in [-0.3, -0.25) is 4.79 Å². The lowest BCUT2D eigenvalue weighted by Crippen LogP contribution is -2.49. The Labute approximate surface area is 148 Å². The van der Waals surface area contributed by atoms with Crippen LogP contribution in [0.1, 0.15) is 45.6 Å². The quantitative estimate of drug-likeness (QED) is 0.846. The Hall–Kier alpha value is -2.08. The number of rotatable bonds is 4. The molecule has 0 saturated carbocycles. The number of likely N-dealkylation sites (tertiary alicyclic amines) is 1. The van der Waals surface area contributed by atoms with E-state index < -0.39 is 17.2 Å². The number of esters is 1. The summed E-state index contributed by atoms with van der Waals surface area (Å²) in [5.74, 6) is -0.433. The smallest absolute Gasteiger partial charge is 0.410 e. The standard InChI is InChI=1S/C19H27NO5/c1-18(2,3)25-17(22)20-11-9-19(23,10-12-20)13-16(21)24-14-15-7-5-4-6-8-15/h4-8,23H,9-14H2,1-3H3. The Morgan fingerprint density at radius 1 is 1.16 bits per heavy atom. The Bertz CT molecular complexity index is 586. The van der Waals surface area contributed by atoms with Gasteiger partial charge < -0.3 is 19.5 Å². The van der Waals surface area contributed by atoms with Crippen molar-refractivity contribution in [3.8, 4) is 0 Å². The number of amides is 1. The van der Waals surface area contributed by atoms with Crippen molar-refractivity contribution in [1.82, 2.24) is 4.90 Å². The van der Waals surface area contributed by atoms with Crippen LogP contribution in [0.15, 0.2) is 30.3 Å². The molecule has 138 valence electrons.